The lowest BCUT2D eigenvalue weighted by Gasteiger charge is -2.07. The van der Waals surface area contributed by atoms with Crippen LogP contribution in [0, 0.1) is 13.8 Å². The second-order valence-electron chi connectivity index (χ2n) is 5.27. The van der Waals surface area contributed by atoms with Gasteiger partial charge >= 0.3 is 0 Å². The first-order chi connectivity index (χ1) is 10.1. The zero-order valence-corrected chi connectivity index (χ0v) is 12.5. The molecule has 0 atom stereocenters. The van der Waals surface area contributed by atoms with E-state index in [2.05, 4.69) is 49.2 Å². The highest BCUT2D eigenvalue weighted by Crippen LogP contribution is 2.37. The lowest BCUT2D eigenvalue weighted by Crippen LogP contribution is -1.91. The first-order valence-corrected chi connectivity index (χ1v) is 7.10. The van der Waals surface area contributed by atoms with Crippen LogP contribution in [0.3, 0.4) is 0 Å². The van der Waals surface area contributed by atoms with Gasteiger partial charge in [0, 0.05) is 12.0 Å². The number of benzene rings is 1. The molecule has 2 aromatic heterocycles. The van der Waals surface area contributed by atoms with Crippen molar-refractivity contribution in [1.82, 2.24) is 10.2 Å². The number of hydrogen-bond donors (Lipinski definition) is 2. The van der Waals surface area contributed by atoms with Crippen molar-refractivity contribution >= 4 is 5.82 Å². The van der Waals surface area contributed by atoms with Gasteiger partial charge in [0.05, 0.1) is 17.5 Å². The number of H-pyrrole nitrogens is 1. The maximum absolute atomic E-state index is 6.09. The molecule has 3 rings (SSSR count). The van der Waals surface area contributed by atoms with Gasteiger partial charge in [0.15, 0.2) is 5.82 Å². The van der Waals surface area contributed by atoms with Crippen LogP contribution in [0.25, 0.3) is 22.4 Å². The number of nitrogen functional groups attached to an aromatic ring is 1. The quantitative estimate of drug-likeness (QED) is 0.759. The molecule has 0 amide bonds. The highest BCUT2D eigenvalue weighted by molar-refractivity contribution is 5.88. The maximum Gasteiger partial charge on any atom is 0.153 e. The Morgan fingerprint density at radius 1 is 1.19 bits per heavy atom. The van der Waals surface area contributed by atoms with Crippen LogP contribution in [0.5, 0.6) is 0 Å². The van der Waals surface area contributed by atoms with Crippen LogP contribution in [0.4, 0.5) is 5.82 Å². The van der Waals surface area contributed by atoms with Crippen LogP contribution in [-0.4, -0.2) is 10.2 Å². The molecule has 108 valence electrons. The van der Waals surface area contributed by atoms with E-state index in [4.69, 9.17) is 10.2 Å². The molecule has 0 aliphatic heterocycles. The molecule has 4 heteroatoms. The van der Waals surface area contributed by atoms with Crippen molar-refractivity contribution in [3.63, 3.8) is 0 Å². The van der Waals surface area contributed by atoms with Crippen molar-refractivity contribution in [1.29, 1.82) is 0 Å². The van der Waals surface area contributed by atoms with Gasteiger partial charge in [0.1, 0.15) is 5.76 Å². The smallest absolute Gasteiger partial charge is 0.153 e. The Balaban J connectivity index is 2.19. The summed E-state index contributed by atoms with van der Waals surface area (Å²) in [4.78, 5) is 0. The lowest BCUT2D eigenvalue weighted by molar-refractivity contribution is 0.517. The Bertz CT molecular complexity index is 783. The SMILES string of the molecule is CCc1occc1-c1[nH]nc(N)c1-c1ccc(C)c(C)c1. The number of furan rings is 1. The minimum Gasteiger partial charge on any atom is -0.469 e. The molecule has 0 fully saturated rings. The Morgan fingerprint density at radius 2 is 2.00 bits per heavy atom. The van der Waals surface area contributed by atoms with Crippen molar-refractivity contribution in [3.8, 4) is 22.4 Å². The second-order valence-corrected chi connectivity index (χ2v) is 5.27. The zero-order chi connectivity index (χ0) is 15.0. The standard InChI is InChI=1S/C17H19N3O/c1-4-14-13(7-8-21-14)16-15(17(18)20-19-16)12-6-5-10(2)11(3)9-12/h5-9H,4H2,1-3H3,(H3,18,19,20). The number of anilines is 1. The number of nitrogens with one attached hydrogen (secondary N) is 1. The molecule has 21 heavy (non-hydrogen) atoms. The molecule has 4 nitrogen and oxygen atoms in total. The first kappa shape index (κ1) is 13.5. The summed E-state index contributed by atoms with van der Waals surface area (Å²) in [6.07, 6.45) is 2.53. The molecule has 1 aromatic carbocycles. The normalized spacial score (nSPS) is 11.0. The monoisotopic (exact) mass is 281 g/mol. The van der Waals surface area contributed by atoms with E-state index in [0.29, 0.717) is 5.82 Å². The molecule has 0 unspecified atom stereocenters. The molecule has 2 heterocycles. The van der Waals surface area contributed by atoms with Crippen LogP contribution in [-0.2, 0) is 6.42 Å². The van der Waals surface area contributed by atoms with Gasteiger partial charge in [-0.2, -0.15) is 5.10 Å². The van der Waals surface area contributed by atoms with Crippen LogP contribution in [0.1, 0.15) is 23.8 Å². The van der Waals surface area contributed by atoms with Crippen LogP contribution < -0.4 is 5.73 Å². The second kappa shape index (κ2) is 5.13. The van der Waals surface area contributed by atoms with Gasteiger partial charge in [-0.1, -0.05) is 25.1 Å². The van der Waals surface area contributed by atoms with E-state index in [9.17, 15) is 0 Å². The fourth-order valence-corrected chi connectivity index (χ4v) is 2.58. The minimum atomic E-state index is 0.511. The van der Waals surface area contributed by atoms with Crippen molar-refractivity contribution in [2.24, 2.45) is 0 Å². The fourth-order valence-electron chi connectivity index (χ4n) is 2.58. The third-order valence-corrected chi connectivity index (χ3v) is 3.93. The summed E-state index contributed by atoms with van der Waals surface area (Å²) in [6, 6.07) is 8.29. The first-order valence-electron chi connectivity index (χ1n) is 7.10. The summed E-state index contributed by atoms with van der Waals surface area (Å²) in [5, 5.41) is 7.24. The lowest BCUT2D eigenvalue weighted by atomic mass is 9.97. The molecule has 3 aromatic rings. The van der Waals surface area contributed by atoms with E-state index in [1.165, 1.54) is 11.1 Å². The molecule has 0 aliphatic rings. The van der Waals surface area contributed by atoms with Crippen molar-refractivity contribution in [3.05, 3.63) is 47.4 Å². The molecular weight excluding hydrogens is 262 g/mol. The van der Waals surface area contributed by atoms with E-state index in [1.807, 2.05) is 6.07 Å². The third kappa shape index (κ3) is 2.23. The number of aromatic nitrogens is 2. The highest BCUT2D eigenvalue weighted by atomic mass is 16.3. The predicted octanol–water partition coefficient (Wildman–Crippen LogP) is 4.10. The van der Waals surface area contributed by atoms with Crippen molar-refractivity contribution in [2.45, 2.75) is 27.2 Å². The summed E-state index contributed by atoms with van der Waals surface area (Å²) >= 11 is 0. The summed E-state index contributed by atoms with van der Waals surface area (Å²) in [5.74, 6) is 1.44. The Labute approximate surface area is 124 Å². The summed E-state index contributed by atoms with van der Waals surface area (Å²) < 4.78 is 5.52. The number of aromatic amines is 1. The van der Waals surface area contributed by atoms with Gasteiger partial charge in [0.2, 0.25) is 0 Å². The molecule has 0 spiro atoms. The number of aryl methyl sites for hydroxylation is 3. The van der Waals surface area contributed by atoms with E-state index in [-0.39, 0.29) is 0 Å². The minimum absolute atomic E-state index is 0.511. The summed E-state index contributed by atoms with van der Waals surface area (Å²) in [7, 11) is 0. The Kier molecular flexibility index (Phi) is 3.29. The van der Waals surface area contributed by atoms with Gasteiger partial charge in [-0.25, -0.2) is 0 Å². The average Bonchev–Trinajstić information content (AvgIpc) is 3.07. The third-order valence-electron chi connectivity index (χ3n) is 3.93. The van der Waals surface area contributed by atoms with E-state index in [0.717, 1.165) is 34.6 Å². The summed E-state index contributed by atoms with van der Waals surface area (Å²) in [5.41, 5.74) is 12.5. The molecule has 0 saturated heterocycles. The Hall–Kier alpha value is -2.49. The summed E-state index contributed by atoms with van der Waals surface area (Å²) in [6.45, 7) is 6.27. The van der Waals surface area contributed by atoms with Gasteiger partial charge in [-0.15, -0.1) is 0 Å². The molecule has 3 N–H and O–H groups in total. The molecule has 0 saturated carbocycles. The predicted molar refractivity (Wildman–Crippen MR) is 85.0 cm³/mol. The molecule has 0 aliphatic carbocycles. The van der Waals surface area contributed by atoms with Gasteiger partial charge in [0.25, 0.3) is 0 Å². The van der Waals surface area contributed by atoms with E-state index >= 15 is 0 Å². The zero-order valence-electron chi connectivity index (χ0n) is 12.5. The van der Waals surface area contributed by atoms with Crippen LogP contribution >= 0.6 is 0 Å². The molecular formula is C17H19N3O. The van der Waals surface area contributed by atoms with E-state index in [1.54, 1.807) is 6.26 Å². The maximum atomic E-state index is 6.09. The van der Waals surface area contributed by atoms with Gasteiger partial charge in [-0.05, 0) is 36.6 Å². The van der Waals surface area contributed by atoms with E-state index < -0.39 is 0 Å². The number of rotatable bonds is 3. The largest absolute Gasteiger partial charge is 0.469 e. The van der Waals surface area contributed by atoms with Crippen molar-refractivity contribution in [2.75, 3.05) is 5.73 Å². The van der Waals surface area contributed by atoms with Gasteiger partial charge < -0.3 is 10.2 Å². The number of nitrogens with two attached hydrogens (primary N) is 1. The number of nitrogens with zero attached hydrogens (tertiary/aromatic N) is 1. The fraction of sp³-hybridized carbons (Fsp3) is 0.235. The average molecular weight is 281 g/mol. The van der Waals surface area contributed by atoms with Gasteiger partial charge in [-0.3, -0.25) is 5.10 Å². The van der Waals surface area contributed by atoms with Crippen LogP contribution in [0.15, 0.2) is 34.9 Å². The van der Waals surface area contributed by atoms with Crippen LogP contribution in [0.2, 0.25) is 0 Å². The number of hydrogen-bond acceptors (Lipinski definition) is 3. The topological polar surface area (TPSA) is 67.8 Å². The molecule has 0 radical (unpaired) electrons. The molecule has 0 bridgehead atoms. The Morgan fingerprint density at radius 3 is 2.71 bits per heavy atom. The highest BCUT2D eigenvalue weighted by Gasteiger charge is 2.18. The van der Waals surface area contributed by atoms with Crippen molar-refractivity contribution < 1.29 is 4.42 Å².